The third-order valence-electron chi connectivity index (χ3n) is 4.67. The number of aryl methyl sites for hydroxylation is 3. The summed E-state index contributed by atoms with van der Waals surface area (Å²) in [4.78, 5) is 38.2. The quantitative estimate of drug-likeness (QED) is 0.568. The molecule has 0 aromatic heterocycles. The highest BCUT2D eigenvalue weighted by atomic mass is 16.5. The smallest absolute Gasteiger partial charge is 0.308 e. The largest absolute Gasteiger partial charge is 0.482 e. The Morgan fingerprint density at radius 2 is 1.79 bits per heavy atom. The van der Waals surface area contributed by atoms with Crippen LogP contribution in [0.15, 0.2) is 36.4 Å². The van der Waals surface area contributed by atoms with E-state index in [1.165, 1.54) is 4.90 Å². The maximum absolute atomic E-state index is 12.5. The van der Waals surface area contributed by atoms with Crippen LogP contribution < -0.4 is 9.64 Å². The molecule has 0 saturated carbocycles. The Bertz CT molecular complexity index is 911. The topological polar surface area (TPSA) is 72.9 Å². The third-order valence-corrected chi connectivity index (χ3v) is 4.67. The van der Waals surface area contributed by atoms with Crippen LogP contribution in [0.5, 0.6) is 5.75 Å². The van der Waals surface area contributed by atoms with E-state index in [0.717, 1.165) is 16.7 Å². The van der Waals surface area contributed by atoms with Crippen molar-refractivity contribution < 1.29 is 23.9 Å². The van der Waals surface area contributed by atoms with E-state index in [1.807, 2.05) is 39.0 Å². The van der Waals surface area contributed by atoms with Crippen molar-refractivity contribution in [2.75, 3.05) is 24.7 Å². The number of fused-ring (bicyclic) bond motifs is 1. The summed E-state index contributed by atoms with van der Waals surface area (Å²) in [5, 5.41) is 0. The first kappa shape index (κ1) is 19.6. The summed E-state index contributed by atoms with van der Waals surface area (Å²) in [5.41, 5.74) is 4.05. The second-order valence-electron chi connectivity index (χ2n) is 6.91. The number of amides is 1. The minimum absolute atomic E-state index is 0.000777. The lowest BCUT2D eigenvalue weighted by Crippen LogP contribution is -2.40. The van der Waals surface area contributed by atoms with Crippen molar-refractivity contribution in [2.45, 2.75) is 27.2 Å². The van der Waals surface area contributed by atoms with Crippen LogP contribution in [0.3, 0.4) is 0 Å². The summed E-state index contributed by atoms with van der Waals surface area (Å²) in [5.74, 6) is -0.354. The number of hydrogen-bond donors (Lipinski definition) is 0. The van der Waals surface area contributed by atoms with E-state index in [0.29, 0.717) is 17.0 Å². The van der Waals surface area contributed by atoms with E-state index >= 15 is 0 Å². The molecule has 0 saturated heterocycles. The number of nitrogens with zero attached hydrogens (tertiary/aromatic N) is 1. The summed E-state index contributed by atoms with van der Waals surface area (Å²) in [6.07, 6.45) is -0.000777. The molecule has 146 valence electrons. The number of carbonyl (C=O) groups is 3. The van der Waals surface area contributed by atoms with Crippen molar-refractivity contribution in [3.63, 3.8) is 0 Å². The minimum atomic E-state index is -0.521. The van der Waals surface area contributed by atoms with E-state index in [2.05, 4.69) is 0 Å². The Hall–Kier alpha value is -3.15. The number of rotatable bonds is 6. The number of anilines is 1. The van der Waals surface area contributed by atoms with Crippen molar-refractivity contribution in [3.8, 4) is 5.75 Å². The van der Waals surface area contributed by atoms with Gasteiger partial charge in [0.15, 0.2) is 13.2 Å². The van der Waals surface area contributed by atoms with Crippen LogP contribution in [0.25, 0.3) is 0 Å². The molecular weight excluding hydrogens is 358 g/mol. The molecule has 0 atom stereocenters. The number of Topliss-reactive ketones (excluding diaryl/α,β-unsaturated/α-hetero) is 1. The van der Waals surface area contributed by atoms with Gasteiger partial charge in [0.05, 0.1) is 12.1 Å². The SMILES string of the molecule is Cc1cc(C)c(C(=O)COC(=O)CCN2C(=O)COc3ccccc32)c(C)c1. The molecule has 0 bridgehead atoms. The summed E-state index contributed by atoms with van der Waals surface area (Å²) in [6.45, 7) is 5.52. The zero-order valence-corrected chi connectivity index (χ0v) is 16.3. The van der Waals surface area contributed by atoms with Crippen molar-refractivity contribution >= 4 is 23.3 Å². The van der Waals surface area contributed by atoms with Crippen molar-refractivity contribution in [1.82, 2.24) is 0 Å². The van der Waals surface area contributed by atoms with E-state index in [4.69, 9.17) is 9.47 Å². The monoisotopic (exact) mass is 381 g/mol. The first-order valence-corrected chi connectivity index (χ1v) is 9.15. The Morgan fingerprint density at radius 1 is 1.11 bits per heavy atom. The lowest BCUT2D eigenvalue weighted by atomic mass is 9.97. The van der Waals surface area contributed by atoms with Crippen LogP contribution in [-0.4, -0.2) is 37.4 Å². The van der Waals surface area contributed by atoms with E-state index < -0.39 is 5.97 Å². The number of ether oxygens (including phenoxy) is 2. The Morgan fingerprint density at radius 3 is 2.50 bits per heavy atom. The molecule has 0 N–H and O–H groups in total. The normalized spacial score (nSPS) is 13.0. The predicted molar refractivity (Wildman–Crippen MR) is 105 cm³/mol. The average Bonchev–Trinajstić information content (AvgIpc) is 2.64. The highest BCUT2D eigenvalue weighted by Crippen LogP contribution is 2.31. The van der Waals surface area contributed by atoms with Crippen LogP contribution in [0.1, 0.15) is 33.5 Å². The van der Waals surface area contributed by atoms with Gasteiger partial charge >= 0.3 is 5.97 Å². The van der Waals surface area contributed by atoms with Crippen LogP contribution in [0.2, 0.25) is 0 Å². The zero-order chi connectivity index (χ0) is 20.3. The highest BCUT2D eigenvalue weighted by molar-refractivity contribution is 6.01. The summed E-state index contributed by atoms with van der Waals surface area (Å²) >= 11 is 0. The first-order valence-electron chi connectivity index (χ1n) is 9.15. The van der Waals surface area contributed by atoms with E-state index in [-0.39, 0.29) is 37.9 Å². The van der Waals surface area contributed by atoms with Crippen LogP contribution in [0, 0.1) is 20.8 Å². The highest BCUT2D eigenvalue weighted by Gasteiger charge is 2.25. The molecule has 1 heterocycles. The number of esters is 1. The molecule has 0 spiro atoms. The van der Waals surface area contributed by atoms with Gasteiger partial charge in [0.25, 0.3) is 5.91 Å². The van der Waals surface area contributed by atoms with Gasteiger partial charge in [-0.1, -0.05) is 29.8 Å². The van der Waals surface area contributed by atoms with Crippen molar-refractivity contribution in [1.29, 1.82) is 0 Å². The minimum Gasteiger partial charge on any atom is -0.482 e. The summed E-state index contributed by atoms with van der Waals surface area (Å²) < 4.78 is 10.5. The number of benzene rings is 2. The van der Waals surface area contributed by atoms with Gasteiger partial charge in [-0.05, 0) is 44.0 Å². The maximum atomic E-state index is 12.5. The molecule has 0 fully saturated rings. The molecule has 2 aromatic carbocycles. The molecule has 1 aliphatic heterocycles. The molecule has 6 heteroatoms. The number of carbonyl (C=O) groups excluding carboxylic acids is 3. The molecule has 0 unspecified atom stereocenters. The number of hydrogen-bond acceptors (Lipinski definition) is 5. The number of para-hydroxylation sites is 2. The molecule has 1 amide bonds. The van der Waals surface area contributed by atoms with Gasteiger partial charge < -0.3 is 14.4 Å². The van der Waals surface area contributed by atoms with Gasteiger partial charge in [-0.15, -0.1) is 0 Å². The Labute approximate surface area is 164 Å². The second-order valence-corrected chi connectivity index (χ2v) is 6.91. The Balaban J connectivity index is 1.57. The standard InChI is InChI=1S/C22H23NO5/c1-14-10-15(2)22(16(3)11-14)18(24)12-28-21(26)8-9-23-17-6-4-5-7-19(17)27-13-20(23)25/h4-7,10-11H,8-9,12-13H2,1-3H3. The van der Waals surface area contributed by atoms with E-state index in [9.17, 15) is 14.4 Å². The molecule has 3 rings (SSSR count). The van der Waals surface area contributed by atoms with Gasteiger partial charge in [-0.2, -0.15) is 0 Å². The van der Waals surface area contributed by atoms with Gasteiger partial charge in [0.2, 0.25) is 5.78 Å². The van der Waals surface area contributed by atoms with Crippen molar-refractivity contribution in [2.24, 2.45) is 0 Å². The van der Waals surface area contributed by atoms with Gasteiger partial charge in [0, 0.05) is 12.1 Å². The zero-order valence-electron chi connectivity index (χ0n) is 16.3. The molecule has 1 aliphatic rings. The Kier molecular flexibility index (Phi) is 5.78. The fourth-order valence-corrected chi connectivity index (χ4v) is 3.51. The fraction of sp³-hybridized carbons (Fsp3) is 0.318. The molecule has 28 heavy (non-hydrogen) atoms. The van der Waals surface area contributed by atoms with Crippen LogP contribution >= 0.6 is 0 Å². The first-order chi connectivity index (χ1) is 13.4. The van der Waals surface area contributed by atoms with Gasteiger partial charge in [0.1, 0.15) is 5.75 Å². The summed E-state index contributed by atoms with van der Waals surface area (Å²) in [7, 11) is 0. The molecule has 6 nitrogen and oxygen atoms in total. The summed E-state index contributed by atoms with van der Waals surface area (Å²) in [6, 6.07) is 11.0. The predicted octanol–water partition coefficient (Wildman–Crippen LogP) is 3.15. The fourth-order valence-electron chi connectivity index (χ4n) is 3.51. The second kappa shape index (κ2) is 8.25. The average molecular weight is 381 g/mol. The molecule has 0 aliphatic carbocycles. The van der Waals surface area contributed by atoms with E-state index in [1.54, 1.807) is 18.2 Å². The number of ketones is 1. The lowest BCUT2D eigenvalue weighted by molar-refractivity contribution is -0.142. The third kappa shape index (κ3) is 4.22. The van der Waals surface area contributed by atoms with Gasteiger partial charge in [-0.3, -0.25) is 14.4 Å². The lowest BCUT2D eigenvalue weighted by Gasteiger charge is -2.28. The van der Waals surface area contributed by atoms with Crippen LogP contribution in [-0.2, 0) is 14.3 Å². The molecule has 2 aromatic rings. The van der Waals surface area contributed by atoms with Crippen LogP contribution in [0.4, 0.5) is 5.69 Å². The molecular formula is C22H23NO5. The van der Waals surface area contributed by atoms with Gasteiger partial charge in [-0.25, -0.2) is 0 Å². The molecule has 0 radical (unpaired) electrons. The maximum Gasteiger partial charge on any atom is 0.308 e. The van der Waals surface area contributed by atoms with Crippen molar-refractivity contribution in [3.05, 3.63) is 58.7 Å².